The third kappa shape index (κ3) is 66.7. The molecule has 0 aliphatic heterocycles. The molecule has 0 radical (unpaired) electrons. The number of phosphoric ester groups is 2. The summed E-state index contributed by atoms with van der Waals surface area (Å²) < 4.78 is 68.3. The van der Waals surface area contributed by atoms with Gasteiger partial charge in [-0.25, -0.2) is 9.13 Å². The lowest BCUT2D eigenvalue weighted by Crippen LogP contribution is -2.30. The van der Waals surface area contributed by atoms with E-state index in [2.05, 4.69) is 55.4 Å². The van der Waals surface area contributed by atoms with Crippen molar-refractivity contribution >= 4 is 39.5 Å². The molecule has 0 saturated carbocycles. The van der Waals surface area contributed by atoms with Crippen molar-refractivity contribution in [3.8, 4) is 0 Å². The van der Waals surface area contributed by atoms with Crippen molar-refractivity contribution < 1.29 is 80.2 Å². The van der Waals surface area contributed by atoms with Crippen LogP contribution in [-0.4, -0.2) is 96.7 Å². The van der Waals surface area contributed by atoms with Gasteiger partial charge in [0.15, 0.2) is 12.2 Å². The van der Waals surface area contributed by atoms with Crippen molar-refractivity contribution in [1.82, 2.24) is 0 Å². The number of carbonyl (C=O) groups is 4. The van der Waals surface area contributed by atoms with Crippen LogP contribution in [0.1, 0.15) is 364 Å². The zero-order chi connectivity index (χ0) is 68.2. The molecule has 0 rings (SSSR count). The second kappa shape index (κ2) is 62.6. The lowest BCUT2D eigenvalue weighted by atomic mass is 10.0. The van der Waals surface area contributed by atoms with E-state index >= 15 is 0 Å². The van der Waals surface area contributed by atoms with Gasteiger partial charge in [0.1, 0.15) is 19.3 Å². The molecular formula is C73H142O17P2. The van der Waals surface area contributed by atoms with E-state index in [4.69, 9.17) is 37.0 Å². The van der Waals surface area contributed by atoms with Gasteiger partial charge in [-0.1, -0.05) is 312 Å². The number of phosphoric acid groups is 2. The lowest BCUT2D eigenvalue weighted by Gasteiger charge is -2.21. The first kappa shape index (κ1) is 90.1. The molecule has 3 unspecified atom stereocenters. The molecule has 0 bridgehead atoms. The Morgan fingerprint density at radius 2 is 0.457 bits per heavy atom. The van der Waals surface area contributed by atoms with Gasteiger partial charge < -0.3 is 33.8 Å². The number of carbonyl (C=O) groups excluding carboxylic acids is 4. The fourth-order valence-electron chi connectivity index (χ4n) is 11.0. The van der Waals surface area contributed by atoms with Crippen LogP contribution in [0.3, 0.4) is 0 Å². The largest absolute Gasteiger partial charge is 0.472 e. The maximum atomic E-state index is 13.0. The zero-order valence-corrected chi connectivity index (χ0v) is 62.0. The molecule has 0 heterocycles. The Hall–Kier alpha value is -1.94. The number of aliphatic hydroxyl groups excluding tert-OH is 1. The minimum absolute atomic E-state index is 0.103. The fourth-order valence-corrected chi connectivity index (χ4v) is 12.6. The minimum atomic E-state index is -4.95. The number of ether oxygens (including phenoxy) is 4. The molecule has 0 fully saturated rings. The fraction of sp³-hybridized carbons (Fsp3) is 0.945. The van der Waals surface area contributed by atoms with Crippen molar-refractivity contribution in [1.29, 1.82) is 0 Å². The van der Waals surface area contributed by atoms with E-state index in [9.17, 15) is 43.2 Å². The Labute approximate surface area is 562 Å². The Kier molecular flexibility index (Phi) is 61.3. The molecule has 3 N–H and O–H groups in total. The average molecular weight is 1350 g/mol. The summed E-state index contributed by atoms with van der Waals surface area (Å²) in [4.78, 5) is 72.6. The summed E-state index contributed by atoms with van der Waals surface area (Å²) in [7, 11) is -9.90. The summed E-state index contributed by atoms with van der Waals surface area (Å²) in [6, 6.07) is 0. The first-order valence-corrected chi connectivity index (χ1v) is 40.7. The molecule has 0 aliphatic rings. The highest BCUT2D eigenvalue weighted by atomic mass is 31.2. The standard InChI is InChI=1S/C73H142O17P2/c1-63(2)49-41-33-25-19-17-15-13-11-9-10-12-14-16-18-20-29-39-47-55-72(77)89-68(59-83-70(75)53-45-37-31-23-27-35-43-51-65(5)6)61-87-91(79,80)85-57-67(74)58-86-92(81,82)88-62-69(60-84-71(76)54-46-38-32-24-28-36-44-52-66(7)8)90-73(78)56-48-40-30-22-21-26-34-42-50-64(3)4/h63-69,74H,9-62H2,1-8H3,(H,79,80)(H,81,82)/t67?,68-,69-/m1/s1. The Morgan fingerprint density at radius 1 is 0.272 bits per heavy atom. The molecule has 92 heavy (non-hydrogen) atoms. The molecular weight excluding hydrogens is 1210 g/mol. The van der Waals surface area contributed by atoms with Gasteiger partial charge in [0.25, 0.3) is 0 Å². The molecule has 0 aromatic heterocycles. The van der Waals surface area contributed by atoms with Crippen molar-refractivity contribution in [2.45, 2.75) is 382 Å². The average Bonchev–Trinajstić information content (AvgIpc) is 1.84. The third-order valence-corrected chi connectivity index (χ3v) is 18.7. The van der Waals surface area contributed by atoms with Crippen LogP contribution in [0.15, 0.2) is 0 Å². The van der Waals surface area contributed by atoms with Crippen LogP contribution in [-0.2, 0) is 65.4 Å². The Morgan fingerprint density at radius 3 is 0.674 bits per heavy atom. The summed E-state index contributed by atoms with van der Waals surface area (Å²) in [5.41, 5.74) is 0. The second-order valence-corrected chi connectivity index (χ2v) is 31.1. The van der Waals surface area contributed by atoms with Crippen LogP contribution in [0.4, 0.5) is 0 Å². The summed E-state index contributed by atoms with van der Waals surface area (Å²) in [6.45, 7) is 14.1. The topological polar surface area (TPSA) is 237 Å². The number of rotatable bonds is 70. The molecule has 546 valence electrons. The van der Waals surface area contributed by atoms with E-state index < -0.39 is 97.5 Å². The van der Waals surface area contributed by atoms with Gasteiger partial charge in [-0.2, -0.15) is 0 Å². The first-order valence-electron chi connectivity index (χ1n) is 37.7. The lowest BCUT2D eigenvalue weighted by molar-refractivity contribution is -0.161. The Bertz CT molecular complexity index is 1820. The van der Waals surface area contributed by atoms with E-state index in [0.717, 1.165) is 115 Å². The van der Waals surface area contributed by atoms with E-state index in [0.29, 0.717) is 37.5 Å². The van der Waals surface area contributed by atoms with Gasteiger partial charge in [0.2, 0.25) is 0 Å². The Balaban J connectivity index is 5.17. The molecule has 17 nitrogen and oxygen atoms in total. The van der Waals surface area contributed by atoms with Crippen molar-refractivity contribution in [2.24, 2.45) is 23.7 Å². The number of hydrogen-bond acceptors (Lipinski definition) is 15. The first-order chi connectivity index (χ1) is 44.1. The van der Waals surface area contributed by atoms with Crippen molar-refractivity contribution in [3.05, 3.63) is 0 Å². The predicted octanol–water partition coefficient (Wildman–Crippen LogP) is 20.9. The van der Waals surface area contributed by atoms with Gasteiger partial charge in [-0.15, -0.1) is 0 Å². The molecule has 0 aromatic rings. The van der Waals surface area contributed by atoms with Crippen LogP contribution < -0.4 is 0 Å². The van der Waals surface area contributed by atoms with Crippen LogP contribution in [0.25, 0.3) is 0 Å². The molecule has 0 aromatic carbocycles. The zero-order valence-electron chi connectivity index (χ0n) is 60.2. The maximum absolute atomic E-state index is 13.0. The molecule has 19 heteroatoms. The van der Waals surface area contributed by atoms with Crippen LogP contribution in [0, 0.1) is 23.7 Å². The second-order valence-electron chi connectivity index (χ2n) is 28.2. The van der Waals surface area contributed by atoms with Gasteiger partial charge >= 0.3 is 39.5 Å². The molecule has 5 atom stereocenters. The number of aliphatic hydroxyl groups is 1. The quantitative estimate of drug-likeness (QED) is 0.0222. The minimum Gasteiger partial charge on any atom is -0.462 e. The van der Waals surface area contributed by atoms with E-state index in [1.54, 1.807) is 0 Å². The van der Waals surface area contributed by atoms with Crippen LogP contribution in [0.5, 0.6) is 0 Å². The van der Waals surface area contributed by atoms with Crippen LogP contribution in [0.2, 0.25) is 0 Å². The summed E-state index contributed by atoms with van der Waals surface area (Å²) in [6.07, 6.45) is 46.2. The van der Waals surface area contributed by atoms with E-state index in [-0.39, 0.29) is 25.7 Å². The van der Waals surface area contributed by atoms with Gasteiger partial charge in [-0.05, 0) is 49.4 Å². The molecule has 0 saturated heterocycles. The molecule has 0 amide bonds. The van der Waals surface area contributed by atoms with Crippen LogP contribution >= 0.6 is 15.6 Å². The third-order valence-electron chi connectivity index (χ3n) is 16.8. The molecule has 0 spiro atoms. The monoisotopic (exact) mass is 1350 g/mol. The summed E-state index contributed by atoms with van der Waals surface area (Å²) >= 11 is 0. The van der Waals surface area contributed by atoms with Crippen molar-refractivity contribution in [2.75, 3.05) is 39.6 Å². The summed E-state index contributed by atoms with van der Waals surface area (Å²) in [5, 5.41) is 10.6. The molecule has 0 aliphatic carbocycles. The smallest absolute Gasteiger partial charge is 0.462 e. The number of esters is 4. The number of hydrogen-bond donors (Lipinski definition) is 3. The highest BCUT2D eigenvalue weighted by Crippen LogP contribution is 2.45. The van der Waals surface area contributed by atoms with Crippen molar-refractivity contribution in [3.63, 3.8) is 0 Å². The van der Waals surface area contributed by atoms with E-state index in [1.807, 2.05) is 0 Å². The normalized spacial score (nSPS) is 14.2. The van der Waals surface area contributed by atoms with Gasteiger partial charge in [0.05, 0.1) is 26.4 Å². The number of unbranched alkanes of at least 4 members (excludes halogenated alkanes) is 36. The highest BCUT2D eigenvalue weighted by molar-refractivity contribution is 7.47. The van der Waals surface area contributed by atoms with Gasteiger partial charge in [0, 0.05) is 25.7 Å². The SMILES string of the molecule is CC(C)CCCCCCCCCCCCCCCCCCCCC(=O)O[C@H](COC(=O)CCCCCCCCCC(C)C)COP(=O)(O)OCC(O)COP(=O)(O)OC[C@@H](COC(=O)CCCCCCCCCC(C)C)OC(=O)CCCCCCCCCCC(C)C. The van der Waals surface area contributed by atoms with E-state index in [1.165, 1.54) is 154 Å². The predicted molar refractivity (Wildman–Crippen MR) is 372 cm³/mol. The summed E-state index contributed by atoms with van der Waals surface area (Å²) in [5.74, 6) is 0.819. The maximum Gasteiger partial charge on any atom is 0.472 e. The van der Waals surface area contributed by atoms with Gasteiger partial charge in [-0.3, -0.25) is 37.3 Å². The highest BCUT2D eigenvalue weighted by Gasteiger charge is 2.30.